The molecule has 0 saturated carbocycles. The summed E-state index contributed by atoms with van der Waals surface area (Å²) in [5.74, 6) is 0.784. The Balaban J connectivity index is 3.02. The van der Waals surface area contributed by atoms with Gasteiger partial charge in [0.05, 0.1) is 0 Å². The van der Waals surface area contributed by atoms with Gasteiger partial charge in [-0.05, 0) is 18.8 Å². The van der Waals surface area contributed by atoms with Crippen LogP contribution < -0.4 is 0 Å². The van der Waals surface area contributed by atoms with E-state index in [2.05, 4.69) is 32.8 Å². The number of aromatic nitrogens is 2. The average Bonchev–Trinajstić information content (AvgIpc) is 2.42. The molecule has 15 heavy (non-hydrogen) atoms. The van der Waals surface area contributed by atoms with E-state index in [-0.39, 0.29) is 5.88 Å². The lowest BCUT2D eigenvalue weighted by Crippen LogP contribution is -2.10. The van der Waals surface area contributed by atoms with Crippen LogP contribution in [-0.2, 0) is 19.4 Å². The van der Waals surface area contributed by atoms with Crippen molar-refractivity contribution in [3.05, 3.63) is 11.3 Å². The van der Waals surface area contributed by atoms with Crippen LogP contribution in [0.15, 0.2) is 0 Å². The molecule has 1 N–H and O–H groups in total. The van der Waals surface area contributed by atoms with Crippen LogP contribution in [0, 0.1) is 5.92 Å². The summed E-state index contributed by atoms with van der Waals surface area (Å²) < 4.78 is 1.97. The van der Waals surface area contributed by atoms with Crippen molar-refractivity contribution in [2.24, 2.45) is 5.92 Å². The molecule has 0 aliphatic rings. The molecule has 0 amide bonds. The number of nitrogens with zero attached hydrogens (tertiary/aromatic N) is 2. The fourth-order valence-corrected chi connectivity index (χ4v) is 1.90. The van der Waals surface area contributed by atoms with Gasteiger partial charge in [-0.3, -0.25) is 4.68 Å². The van der Waals surface area contributed by atoms with Crippen LogP contribution in [0.5, 0.6) is 5.88 Å². The Morgan fingerprint density at radius 3 is 2.47 bits per heavy atom. The van der Waals surface area contributed by atoms with E-state index in [0.29, 0.717) is 5.92 Å². The van der Waals surface area contributed by atoms with Gasteiger partial charge in [0.1, 0.15) is 0 Å². The third-order valence-electron chi connectivity index (χ3n) is 2.52. The molecule has 0 atom stereocenters. The van der Waals surface area contributed by atoms with Crippen molar-refractivity contribution >= 4 is 0 Å². The maximum atomic E-state index is 9.72. The van der Waals surface area contributed by atoms with Crippen LogP contribution in [0.3, 0.4) is 0 Å². The maximum Gasteiger partial charge on any atom is 0.233 e. The molecule has 0 aromatic carbocycles. The fraction of sp³-hybridized carbons (Fsp3) is 0.750. The van der Waals surface area contributed by atoms with E-state index >= 15 is 0 Å². The van der Waals surface area contributed by atoms with Gasteiger partial charge in [0.2, 0.25) is 5.88 Å². The monoisotopic (exact) mass is 210 g/mol. The lowest BCUT2D eigenvalue weighted by molar-refractivity contribution is 0.414. The maximum absolute atomic E-state index is 9.72. The highest BCUT2D eigenvalue weighted by Gasteiger charge is 2.15. The van der Waals surface area contributed by atoms with Crippen molar-refractivity contribution in [2.75, 3.05) is 0 Å². The molecule has 1 aromatic rings. The topological polar surface area (TPSA) is 38.1 Å². The highest BCUT2D eigenvalue weighted by atomic mass is 16.3. The van der Waals surface area contributed by atoms with Gasteiger partial charge in [-0.15, -0.1) is 5.10 Å². The second kappa shape index (κ2) is 5.19. The van der Waals surface area contributed by atoms with Gasteiger partial charge in [-0.25, -0.2) is 0 Å². The molecule has 0 aliphatic heterocycles. The van der Waals surface area contributed by atoms with Crippen LogP contribution in [0.2, 0.25) is 0 Å². The highest BCUT2D eigenvalue weighted by Crippen LogP contribution is 2.23. The molecule has 3 nitrogen and oxygen atoms in total. The van der Waals surface area contributed by atoms with Gasteiger partial charge in [0.25, 0.3) is 0 Å². The van der Waals surface area contributed by atoms with Crippen molar-refractivity contribution in [3.63, 3.8) is 0 Å². The molecule has 0 saturated heterocycles. The van der Waals surface area contributed by atoms with E-state index < -0.39 is 0 Å². The molecule has 1 aromatic heterocycles. The predicted molar refractivity (Wildman–Crippen MR) is 62.1 cm³/mol. The van der Waals surface area contributed by atoms with Gasteiger partial charge in [-0.1, -0.05) is 34.1 Å². The number of hydrogen-bond acceptors (Lipinski definition) is 2. The highest BCUT2D eigenvalue weighted by molar-refractivity contribution is 5.30. The molecular weight excluding hydrogens is 188 g/mol. The van der Waals surface area contributed by atoms with Gasteiger partial charge < -0.3 is 5.11 Å². The van der Waals surface area contributed by atoms with Crippen LogP contribution in [0.1, 0.15) is 45.4 Å². The summed E-state index contributed by atoms with van der Waals surface area (Å²) in [6.45, 7) is 9.45. The van der Waals surface area contributed by atoms with Crippen molar-refractivity contribution in [3.8, 4) is 5.88 Å². The van der Waals surface area contributed by atoms with E-state index in [0.717, 1.165) is 31.4 Å². The van der Waals surface area contributed by atoms with E-state index in [1.165, 1.54) is 5.69 Å². The average molecular weight is 210 g/mol. The third kappa shape index (κ3) is 2.74. The summed E-state index contributed by atoms with van der Waals surface area (Å²) in [5, 5.41) is 13.9. The largest absolute Gasteiger partial charge is 0.492 e. The molecule has 86 valence electrons. The predicted octanol–water partition coefficient (Wildman–Crippen LogP) is 2.76. The molecule has 0 spiro atoms. The Kier molecular flexibility index (Phi) is 4.18. The first kappa shape index (κ1) is 12.1. The minimum Gasteiger partial charge on any atom is -0.492 e. The molecule has 0 radical (unpaired) electrons. The first-order valence-corrected chi connectivity index (χ1v) is 5.87. The summed E-state index contributed by atoms with van der Waals surface area (Å²) in [5.41, 5.74) is 2.24. The van der Waals surface area contributed by atoms with E-state index in [4.69, 9.17) is 0 Å². The molecule has 1 rings (SSSR count). The zero-order chi connectivity index (χ0) is 11.4. The quantitative estimate of drug-likeness (QED) is 0.811. The number of hydrogen-bond donors (Lipinski definition) is 1. The van der Waals surface area contributed by atoms with Crippen molar-refractivity contribution in [2.45, 2.75) is 53.5 Å². The Bertz CT molecular complexity index is 316. The molecule has 0 fully saturated rings. The second-order valence-electron chi connectivity index (χ2n) is 4.43. The van der Waals surface area contributed by atoms with Crippen molar-refractivity contribution < 1.29 is 5.11 Å². The molecule has 0 bridgehead atoms. The summed E-state index contributed by atoms with van der Waals surface area (Å²) in [6, 6.07) is 0. The first-order chi connectivity index (χ1) is 7.10. The van der Waals surface area contributed by atoms with Gasteiger partial charge in [0.15, 0.2) is 0 Å². The van der Waals surface area contributed by atoms with E-state index in [1.807, 2.05) is 4.68 Å². The lowest BCUT2D eigenvalue weighted by atomic mass is 10.1. The Morgan fingerprint density at radius 2 is 2.00 bits per heavy atom. The molecular formula is C12H22N2O. The van der Waals surface area contributed by atoms with Gasteiger partial charge in [-0.2, -0.15) is 0 Å². The van der Waals surface area contributed by atoms with Crippen LogP contribution in [-0.4, -0.2) is 14.9 Å². The Morgan fingerprint density at radius 1 is 1.33 bits per heavy atom. The molecule has 0 unspecified atom stereocenters. The Labute approximate surface area is 92.1 Å². The zero-order valence-electron chi connectivity index (χ0n) is 10.2. The first-order valence-electron chi connectivity index (χ1n) is 5.87. The summed E-state index contributed by atoms with van der Waals surface area (Å²) >= 11 is 0. The fourth-order valence-electron chi connectivity index (χ4n) is 1.90. The van der Waals surface area contributed by atoms with Gasteiger partial charge >= 0.3 is 0 Å². The summed E-state index contributed by atoms with van der Waals surface area (Å²) in [7, 11) is 0. The van der Waals surface area contributed by atoms with Gasteiger partial charge in [0, 0.05) is 17.8 Å². The van der Waals surface area contributed by atoms with Crippen LogP contribution >= 0.6 is 0 Å². The Hall–Kier alpha value is -0.990. The van der Waals surface area contributed by atoms with Crippen LogP contribution in [0.4, 0.5) is 0 Å². The summed E-state index contributed by atoms with van der Waals surface area (Å²) in [6.07, 6.45) is 2.96. The third-order valence-corrected chi connectivity index (χ3v) is 2.52. The van der Waals surface area contributed by atoms with Crippen molar-refractivity contribution in [1.29, 1.82) is 0 Å². The van der Waals surface area contributed by atoms with Crippen LogP contribution in [0.25, 0.3) is 0 Å². The summed E-state index contributed by atoms with van der Waals surface area (Å²) in [4.78, 5) is 0. The lowest BCUT2D eigenvalue weighted by Gasteiger charge is -2.09. The standard InChI is InChI=1S/C12H22N2O/c1-5-7-11-10(6-2)12(15)13-14(11)8-9(3)4/h9H,5-8H2,1-4H3,(H,13,15). The normalized spacial score (nSPS) is 11.3. The molecule has 0 aliphatic carbocycles. The van der Waals surface area contributed by atoms with E-state index in [1.54, 1.807) is 0 Å². The smallest absolute Gasteiger partial charge is 0.233 e. The number of rotatable bonds is 5. The van der Waals surface area contributed by atoms with Crippen molar-refractivity contribution in [1.82, 2.24) is 9.78 Å². The zero-order valence-corrected chi connectivity index (χ0v) is 10.2. The minimum absolute atomic E-state index is 0.224. The van der Waals surface area contributed by atoms with E-state index in [9.17, 15) is 5.11 Å². The molecule has 3 heteroatoms. The second-order valence-corrected chi connectivity index (χ2v) is 4.43. The molecule has 1 heterocycles. The minimum atomic E-state index is 0.224. The SMILES string of the molecule is CCCc1c(CC)c(O)nn1CC(C)C. The number of aromatic hydroxyl groups is 1.